The summed E-state index contributed by atoms with van der Waals surface area (Å²) in [6.45, 7) is 5.22. The fraction of sp³-hybridized carbons (Fsp3) is 0.800. The third kappa shape index (κ3) is 4.08. The number of hydrogen-bond acceptors (Lipinski definition) is 3. The molecule has 0 bridgehead atoms. The molecule has 0 spiro atoms. The maximum absolute atomic E-state index is 12.5. The van der Waals surface area contributed by atoms with Crippen LogP contribution < -0.4 is 5.32 Å². The van der Waals surface area contributed by atoms with Crippen molar-refractivity contribution in [3.05, 3.63) is 18.2 Å². The van der Waals surface area contributed by atoms with E-state index in [9.17, 15) is 4.79 Å². The van der Waals surface area contributed by atoms with Gasteiger partial charge in [-0.15, -0.1) is 0 Å². The van der Waals surface area contributed by atoms with Crippen LogP contribution in [0.1, 0.15) is 70.0 Å². The van der Waals surface area contributed by atoms with Crippen molar-refractivity contribution < 1.29 is 4.79 Å². The topological polar surface area (TPSA) is 50.2 Å². The minimum atomic E-state index is -0.00670. The highest BCUT2D eigenvalue weighted by Gasteiger charge is 2.31. The third-order valence-electron chi connectivity index (χ3n) is 6.42. The third-order valence-corrected chi connectivity index (χ3v) is 6.42. The summed E-state index contributed by atoms with van der Waals surface area (Å²) in [6, 6.07) is 0.412. The number of aromatic nitrogens is 2. The molecule has 1 atom stereocenters. The molecule has 5 heteroatoms. The standard InChI is InChI=1S/C20H32N4O/c1-15(20(25)22-18-4-2-3-5-18)23-11-8-17(9-12-23)19-21-10-13-24(19)14-16-6-7-16/h10,13,15-18H,2-9,11-12,14H2,1H3,(H,22,25). The quantitative estimate of drug-likeness (QED) is 0.863. The van der Waals surface area contributed by atoms with Crippen molar-refractivity contribution in [1.29, 1.82) is 0 Å². The van der Waals surface area contributed by atoms with E-state index in [4.69, 9.17) is 0 Å². The Morgan fingerprint density at radius 2 is 1.92 bits per heavy atom. The Hall–Kier alpha value is -1.36. The minimum Gasteiger partial charge on any atom is -0.352 e. The Bertz CT molecular complexity index is 580. The Morgan fingerprint density at radius 1 is 1.20 bits per heavy atom. The molecule has 4 rings (SSSR count). The predicted molar refractivity (Wildman–Crippen MR) is 98.4 cm³/mol. The second kappa shape index (κ2) is 7.48. The zero-order valence-electron chi connectivity index (χ0n) is 15.5. The lowest BCUT2D eigenvalue weighted by molar-refractivity contribution is -0.127. The number of likely N-dealkylation sites (tertiary alicyclic amines) is 1. The molecule has 1 saturated heterocycles. The van der Waals surface area contributed by atoms with Crippen molar-refractivity contribution in [2.45, 2.75) is 82.8 Å². The first kappa shape index (κ1) is 17.1. The molecule has 1 aliphatic heterocycles. The molecule has 0 radical (unpaired) electrons. The fourth-order valence-electron chi connectivity index (χ4n) is 4.52. The van der Waals surface area contributed by atoms with Gasteiger partial charge in [0.25, 0.3) is 0 Å². The summed E-state index contributed by atoms with van der Waals surface area (Å²) in [7, 11) is 0. The van der Waals surface area contributed by atoms with Gasteiger partial charge in [-0.2, -0.15) is 0 Å². The summed E-state index contributed by atoms with van der Waals surface area (Å²) in [6.07, 6.45) is 13.9. The first-order chi connectivity index (χ1) is 12.2. The van der Waals surface area contributed by atoms with Gasteiger partial charge in [0.15, 0.2) is 0 Å². The van der Waals surface area contributed by atoms with Gasteiger partial charge >= 0.3 is 0 Å². The van der Waals surface area contributed by atoms with Gasteiger partial charge < -0.3 is 9.88 Å². The Kier molecular flexibility index (Phi) is 5.11. The summed E-state index contributed by atoms with van der Waals surface area (Å²) in [5.74, 6) is 2.93. The summed E-state index contributed by atoms with van der Waals surface area (Å²) in [5.41, 5.74) is 0. The Labute approximate surface area is 151 Å². The number of nitrogens with zero attached hydrogens (tertiary/aromatic N) is 3. The maximum atomic E-state index is 12.5. The first-order valence-electron chi connectivity index (χ1n) is 10.3. The van der Waals surface area contributed by atoms with Crippen LogP contribution in [0.5, 0.6) is 0 Å². The van der Waals surface area contributed by atoms with Gasteiger partial charge in [-0.25, -0.2) is 4.98 Å². The number of carbonyl (C=O) groups is 1. The Morgan fingerprint density at radius 3 is 2.60 bits per heavy atom. The van der Waals surface area contributed by atoms with Crippen molar-refractivity contribution in [3.63, 3.8) is 0 Å². The summed E-state index contributed by atoms with van der Waals surface area (Å²) in [4.78, 5) is 19.5. The van der Waals surface area contributed by atoms with Crippen molar-refractivity contribution in [1.82, 2.24) is 19.8 Å². The molecule has 3 aliphatic rings. The SMILES string of the molecule is CC(C(=O)NC1CCCC1)N1CCC(c2nccn2CC2CC2)CC1. The predicted octanol–water partition coefficient (Wildman–Crippen LogP) is 2.92. The summed E-state index contributed by atoms with van der Waals surface area (Å²) in [5, 5.41) is 3.26. The van der Waals surface area contributed by atoms with Crippen LogP contribution in [0.25, 0.3) is 0 Å². The van der Waals surface area contributed by atoms with E-state index in [-0.39, 0.29) is 11.9 Å². The van der Waals surface area contributed by atoms with Gasteiger partial charge in [-0.3, -0.25) is 9.69 Å². The second-order valence-corrected chi connectivity index (χ2v) is 8.36. The summed E-state index contributed by atoms with van der Waals surface area (Å²) < 4.78 is 2.38. The van der Waals surface area contributed by atoms with E-state index < -0.39 is 0 Å². The van der Waals surface area contributed by atoms with E-state index in [0.717, 1.165) is 51.2 Å². The van der Waals surface area contributed by atoms with Crippen molar-refractivity contribution in [3.8, 4) is 0 Å². The second-order valence-electron chi connectivity index (χ2n) is 8.36. The summed E-state index contributed by atoms with van der Waals surface area (Å²) >= 11 is 0. The van der Waals surface area contributed by atoms with Crippen molar-refractivity contribution in [2.24, 2.45) is 5.92 Å². The molecule has 2 heterocycles. The van der Waals surface area contributed by atoms with Gasteiger partial charge in [-0.05, 0) is 64.5 Å². The molecule has 3 fully saturated rings. The zero-order valence-corrected chi connectivity index (χ0v) is 15.5. The highest BCUT2D eigenvalue weighted by atomic mass is 16.2. The molecule has 2 aliphatic carbocycles. The van der Waals surface area contributed by atoms with E-state index >= 15 is 0 Å². The van der Waals surface area contributed by atoms with Crippen LogP contribution in [0.3, 0.4) is 0 Å². The van der Waals surface area contributed by atoms with Gasteiger partial charge in [0.1, 0.15) is 5.82 Å². The molecular formula is C20H32N4O. The van der Waals surface area contributed by atoms with Crippen LogP contribution in [-0.2, 0) is 11.3 Å². The number of hydrogen-bond donors (Lipinski definition) is 1. The number of amides is 1. The number of piperidine rings is 1. The lowest BCUT2D eigenvalue weighted by Crippen LogP contribution is -2.50. The number of rotatable bonds is 6. The Balaban J connectivity index is 1.28. The molecule has 138 valence electrons. The number of nitrogens with one attached hydrogen (secondary N) is 1. The highest BCUT2D eigenvalue weighted by Crippen LogP contribution is 2.33. The van der Waals surface area contributed by atoms with Crippen LogP contribution >= 0.6 is 0 Å². The lowest BCUT2D eigenvalue weighted by Gasteiger charge is -2.35. The molecule has 1 aromatic rings. The maximum Gasteiger partial charge on any atom is 0.237 e. The van der Waals surface area contributed by atoms with E-state index in [0.29, 0.717) is 12.0 Å². The van der Waals surface area contributed by atoms with Gasteiger partial charge in [-0.1, -0.05) is 12.8 Å². The lowest BCUT2D eigenvalue weighted by atomic mass is 9.94. The van der Waals surface area contributed by atoms with Crippen molar-refractivity contribution >= 4 is 5.91 Å². The van der Waals surface area contributed by atoms with Crippen molar-refractivity contribution in [2.75, 3.05) is 13.1 Å². The van der Waals surface area contributed by atoms with Crippen LogP contribution in [0, 0.1) is 5.92 Å². The van der Waals surface area contributed by atoms with E-state index in [1.165, 1.54) is 31.5 Å². The van der Waals surface area contributed by atoms with Crippen LogP contribution in [-0.4, -0.2) is 45.5 Å². The van der Waals surface area contributed by atoms with Crippen LogP contribution in [0.2, 0.25) is 0 Å². The highest BCUT2D eigenvalue weighted by molar-refractivity contribution is 5.81. The van der Waals surface area contributed by atoms with E-state index in [1.807, 2.05) is 6.20 Å². The molecule has 5 nitrogen and oxygen atoms in total. The van der Waals surface area contributed by atoms with E-state index in [1.54, 1.807) is 0 Å². The molecule has 2 saturated carbocycles. The van der Waals surface area contributed by atoms with Crippen LogP contribution in [0.15, 0.2) is 12.4 Å². The molecule has 0 aromatic carbocycles. The molecule has 1 aromatic heterocycles. The molecular weight excluding hydrogens is 312 g/mol. The molecule has 1 N–H and O–H groups in total. The average molecular weight is 345 g/mol. The van der Waals surface area contributed by atoms with Gasteiger partial charge in [0.2, 0.25) is 5.91 Å². The number of carbonyl (C=O) groups excluding carboxylic acids is 1. The normalized spacial score (nSPS) is 24.5. The zero-order chi connectivity index (χ0) is 17.2. The largest absolute Gasteiger partial charge is 0.352 e. The number of imidazole rings is 1. The van der Waals surface area contributed by atoms with Gasteiger partial charge in [0, 0.05) is 30.9 Å². The molecule has 1 amide bonds. The van der Waals surface area contributed by atoms with Crippen LogP contribution in [0.4, 0.5) is 0 Å². The van der Waals surface area contributed by atoms with E-state index in [2.05, 4.69) is 32.9 Å². The first-order valence-corrected chi connectivity index (χ1v) is 10.3. The average Bonchev–Trinajstić information content (AvgIpc) is 3.09. The molecule has 1 unspecified atom stereocenters. The molecule has 25 heavy (non-hydrogen) atoms. The minimum absolute atomic E-state index is 0.00670. The monoisotopic (exact) mass is 344 g/mol. The van der Waals surface area contributed by atoms with Gasteiger partial charge in [0.05, 0.1) is 6.04 Å². The smallest absolute Gasteiger partial charge is 0.237 e. The fourth-order valence-corrected chi connectivity index (χ4v) is 4.52.